The van der Waals surface area contributed by atoms with Crippen LogP contribution in [0.2, 0.25) is 0 Å². The van der Waals surface area contributed by atoms with Crippen molar-refractivity contribution in [2.75, 3.05) is 40.1 Å². The zero-order valence-electron chi connectivity index (χ0n) is 11.9. The predicted molar refractivity (Wildman–Crippen MR) is 72.8 cm³/mol. The van der Waals surface area contributed by atoms with Gasteiger partial charge in [-0.05, 0) is 25.2 Å². The van der Waals surface area contributed by atoms with E-state index in [1.807, 2.05) is 0 Å². The van der Waals surface area contributed by atoms with Crippen LogP contribution >= 0.6 is 0 Å². The average molecular weight is 259 g/mol. The molecule has 2 unspecified atom stereocenters. The predicted octanol–water partition coefficient (Wildman–Crippen LogP) is 1.57. The summed E-state index contributed by atoms with van der Waals surface area (Å²) in [6.07, 6.45) is 5.60. The van der Waals surface area contributed by atoms with Crippen LogP contribution in [0, 0.1) is 5.92 Å². The van der Waals surface area contributed by atoms with Crippen molar-refractivity contribution in [1.82, 2.24) is 5.32 Å². The molecule has 0 bridgehead atoms. The van der Waals surface area contributed by atoms with Crippen LogP contribution in [0.25, 0.3) is 0 Å². The molecule has 4 heteroatoms. The molecule has 0 amide bonds. The molecule has 4 nitrogen and oxygen atoms in total. The molecule has 0 aromatic heterocycles. The lowest BCUT2D eigenvalue weighted by Gasteiger charge is -2.39. The lowest BCUT2D eigenvalue weighted by atomic mass is 9.77. The Bertz CT molecular complexity index is 213. The van der Waals surface area contributed by atoms with Gasteiger partial charge in [-0.2, -0.15) is 0 Å². The molecule has 0 spiro atoms. The van der Waals surface area contributed by atoms with Crippen molar-refractivity contribution in [3.05, 3.63) is 0 Å². The van der Waals surface area contributed by atoms with Crippen LogP contribution in [0.3, 0.4) is 0 Å². The Morgan fingerprint density at radius 2 is 2.17 bits per heavy atom. The first kappa shape index (κ1) is 15.9. The van der Waals surface area contributed by atoms with Crippen LogP contribution in [0.1, 0.15) is 39.0 Å². The Morgan fingerprint density at radius 3 is 2.83 bits per heavy atom. The zero-order chi connectivity index (χ0) is 13.3. The molecule has 0 radical (unpaired) electrons. The van der Waals surface area contributed by atoms with Crippen molar-refractivity contribution in [3.63, 3.8) is 0 Å². The molecule has 0 aromatic rings. The van der Waals surface area contributed by atoms with Crippen molar-refractivity contribution in [3.8, 4) is 0 Å². The van der Waals surface area contributed by atoms with Gasteiger partial charge >= 0.3 is 0 Å². The van der Waals surface area contributed by atoms with Gasteiger partial charge in [-0.3, -0.25) is 0 Å². The number of aliphatic hydroxyl groups is 1. The molecular weight excluding hydrogens is 230 g/mol. The fourth-order valence-electron chi connectivity index (χ4n) is 2.82. The first-order valence-corrected chi connectivity index (χ1v) is 7.15. The highest BCUT2D eigenvalue weighted by Gasteiger charge is 2.33. The number of hydrogen-bond acceptors (Lipinski definition) is 4. The Balaban J connectivity index is 2.11. The largest absolute Gasteiger partial charge is 0.394 e. The molecule has 108 valence electrons. The van der Waals surface area contributed by atoms with E-state index in [2.05, 4.69) is 12.2 Å². The van der Waals surface area contributed by atoms with Gasteiger partial charge in [0.2, 0.25) is 0 Å². The summed E-state index contributed by atoms with van der Waals surface area (Å²) in [5, 5.41) is 13.1. The molecule has 1 rings (SSSR count). The Morgan fingerprint density at radius 1 is 1.33 bits per heavy atom. The van der Waals surface area contributed by atoms with Gasteiger partial charge < -0.3 is 19.9 Å². The third-order valence-corrected chi connectivity index (χ3v) is 3.78. The molecule has 1 aliphatic carbocycles. The highest BCUT2D eigenvalue weighted by Crippen LogP contribution is 2.31. The maximum absolute atomic E-state index is 9.61. The van der Waals surface area contributed by atoms with E-state index >= 15 is 0 Å². The maximum atomic E-state index is 9.61. The van der Waals surface area contributed by atoms with E-state index in [9.17, 15) is 5.11 Å². The quantitative estimate of drug-likeness (QED) is 0.617. The number of aliphatic hydroxyl groups excluding tert-OH is 1. The lowest BCUT2D eigenvalue weighted by Crippen LogP contribution is -2.52. The Kier molecular flexibility index (Phi) is 7.82. The third-order valence-electron chi connectivity index (χ3n) is 3.78. The van der Waals surface area contributed by atoms with E-state index in [1.165, 1.54) is 12.8 Å². The van der Waals surface area contributed by atoms with Crippen molar-refractivity contribution in [2.45, 2.75) is 44.6 Å². The fraction of sp³-hybridized carbons (Fsp3) is 1.00. The van der Waals surface area contributed by atoms with Gasteiger partial charge in [-0.25, -0.2) is 0 Å². The molecule has 0 aliphatic heterocycles. The smallest absolute Gasteiger partial charge is 0.0613 e. The van der Waals surface area contributed by atoms with Gasteiger partial charge in [0.05, 0.1) is 13.2 Å². The summed E-state index contributed by atoms with van der Waals surface area (Å²) >= 11 is 0. The Labute approximate surface area is 111 Å². The van der Waals surface area contributed by atoms with Crippen LogP contribution in [0.5, 0.6) is 0 Å². The van der Waals surface area contributed by atoms with Gasteiger partial charge in [0.1, 0.15) is 0 Å². The molecular formula is C14H29NO3. The maximum Gasteiger partial charge on any atom is 0.0613 e. The second-order valence-corrected chi connectivity index (χ2v) is 5.53. The lowest BCUT2D eigenvalue weighted by molar-refractivity contribution is 0.0728. The summed E-state index contributed by atoms with van der Waals surface area (Å²) in [5.41, 5.74) is -0.0619. The second-order valence-electron chi connectivity index (χ2n) is 5.53. The molecule has 1 fully saturated rings. The van der Waals surface area contributed by atoms with Gasteiger partial charge in [0, 0.05) is 32.4 Å². The molecule has 1 aliphatic rings. The van der Waals surface area contributed by atoms with Crippen LogP contribution < -0.4 is 5.32 Å². The Hall–Kier alpha value is -0.160. The second kappa shape index (κ2) is 8.86. The van der Waals surface area contributed by atoms with Crippen molar-refractivity contribution in [1.29, 1.82) is 0 Å². The van der Waals surface area contributed by atoms with Gasteiger partial charge in [-0.1, -0.05) is 19.8 Å². The number of hydrogen-bond donors (Lipinski definition) is 2. The summed E-state index contributed by atoms with van der Waals surface area (Å²) in [5.74, 6) is 0.709. The average Bonchev–Trinajstić information content (AvgIpc) is 2.38. The number of rotatable bonds is 9. The topological polar surface area (TPSA) is 50.7 Å². The minimum Gasteiger partial charge on any atom is -0.394 e. The summed E-state index contributed by atoms with van der Waals surface area (Å²) in [6, 6.07) is 0. The first-order valence-electron chi connectivity index (χ1n) is 7.15. The SMILES string of the molecule is COCCCOCCNC1(CO)CCCC(C)C1. The van der Waals surface area contributed by atoms with E-state index in [0.29, 0.717) is 12.5 Å². The highest BCUT2D eigenvalue weighted by molar-refractivity contribution is 4.92. The van der Waals surface area contributed by atoms with Crippen LogP contribution in [0.15, 0.2) is 0 Å². The third kappa shape index (κ3) is 5.65. The van der Waals surface area contributed by atoms with Crippen molar-refractivity contribution < 1.29 is 14.6 Å². The molecule has 2 N–H and O–H groups in total. The van der Waals surface area contributed by atoms with E-state index in [1.54, 1.807) is 7.11 Å². The highest BCUT2D eigenvalue weighted by atomic mass is 16.5. The summed E-state index contributed by atoms with van der Waals surface area (Å²) in [7, 11) is 1.71. The van der Waals surface area contributed by atoms with Gasteiger partial charge in [0.15, 0.2) is 0 Å². The van der Waals surface area contributed by atoms with Gasteiger partial charge in [-0.15, -0.1) is 0 Å². The van der Waals surface area contributed by atoms with E-state index in [-0.39, 0.29) is 12.1 Å². The van der Waals surface area contributed by atoms with Gasteiger partial charge in [0.25, 0.3) is 0 Å². The molecule has 0 saturated heterocycles. The summed E-state index contributed by atoms with van der Waals surface area (Å²) in [4.78, 5) is 0. The van der Waals surface area contributed by atoms with E-state index < -0.39 is 0 Å². The minimum atomic E-state index is -0.0619. The number of nitrogens with one attached hydrogen (secondary N) is 1. The normalized spacial score (nSPS) is 28.5. The zero-order valence-corrected chi connectivity index (χ0v) is 11.9. The van der Waals surface area contributed by atoms with E-state index in [0.717, 1.165) is 39.0 Å². The molecule has 1 saturated carbocycles. The minimum absolute atomic E-state index is 0.0619. The molecule has 0 heterocycles. The van der Waals surface area contributed by atoms with Crippen LogP contribution in [-0.2, 0) is 9.47 Å². The van der Waals surface area contributed by atoms with Crippen LogP contribution in [-0.4, -0.2) is 50.7 Å². The standard InChI is InChI=1S/C14H29NO3/c1-13-5-3-6-14(11-13,12-16)15-7-10-18-9-4-8-17-2/h13,15-16H,3-12H2,1-2H3. The monoisotopic (exact) mass is 259 g/mol. The molecule has 18 heavy (non-hydrogen) atoms. The fourth-order valence-corrected chi connectivity index (χ4v) is 2.82. The molecule has 2 atom stereocenters. The summed E-state index contributed by atoms with van der Waals surface area (Å²) < 4.78 is 10.5. The first-order chi connectivity index (χ1) is 8.72. The van der Waals surface area contributed by atoms with E-state index in [4.69, 9.17) is 9.47 Å². The van der Waals surface area contributed by atoms with Crippen molar-refractivity contribution >= 4 is 0 Å². The molecule has 0 aromatic carbocycles. The van der Waals surface area contributed by atoms with Crippen molar-refractivity contribution in [2.24, 2.45) is 5.92 Å². The van der Waals surface area contributed by atoms with Crippen LogP contribution in [0.4, 0.5) is 0 Å². The number of ether oxygens (including phenoxy) is 2. The number of methoxy groups -OCH3 is 1. The summed E-state index contributed by atoms with van der Waals surface area (Å²) in [6.45, 7) is 5.54.